The molecule has 0 aliphatic rings. The zero-order chi connectivity index (χ0) is 20.5. The van der Waals surface area contributed by atoms with E-state index < -0.39 is 0 Å². The smallest absolute Gasteiger partial charge is 0.319 e. The first-order chi connectivity index (χ1) is 13.4. The van der Waals surface area contributed by atoms with Gasteiger partial charge >= 0.3 is 6.03 Å². The molecule has 1 unspecified atom stereocenters. The summed E-state index contributed by atoms with van der Waals surface area (Å²) in [5.74, 6) is 0.387. The monoisotopic (exact) mass is 384 g/mol. The molecule has 0 heterocycles. The van der Waals surface area contributed by atoms with Crippen molar-refractivity contribution in [2.24, 2.45) is 0 Å². The molecule has 28 heavy (non-hydrogen) atoms. The number of carbonyl (C=O) groups is 2. The summed E-state index contributed by atoms with van der Waals surface area (Å²) in [4.78, 5) is 27.4. The van der Waals surface area contributed by atoms with Crippen LogP contribution in [-0.2, 0) is 4.79 Å². The average molecular weight is 384 g/mol. The number of urea groups is 1. The summed E-state index contributed by atoms with van der Waals surface area (Å²) >= 11 is 0. The molecule has 0 aliphatic heterocycles. The molecule has 2 N–H and O–H groups in total. The highest BCUT2D eigenvalue weighted by Gasteiger charge is 2.12. The molecule has 0 aliphatic carbocycles. The number of rotatable bonds is 8. The molecule has 0 saturated heterocycles. The number of likely N-dealkylation sites (N-methyl/N-ethyl adjacent to an activating group) is 2. The second-order valence-electron chi connectivity index (χ2n) is 6.74. The Morgan fingerprint density at radius 2 is 1.75 bits per heavy atom. The molecule has 3 amide bonds. The zero-order valence-corrected chi connectivity index (χ0v) is 16.8. The zero-order valence-electron chi connectivity index (χ0n) is 16.8. The van der Waals surface area contributed by atoms with E-state index in [1.807, 2.05) is 44.3 Å². The van der Waals surface area contributed by atoms with E-state index in [1.54, 1.807) is 38.4 Å². The van der Waals surface area contributed by atoms with Crippen LogP contribution < -0.4 is 20.3 Å². The van der Waals surface area contributed by atoms with E-state index in [1.165, 1.54) is 4.90 Å². The molecule has 0 aromatic heterocycles. The number of ether oxygens (including phenoxy) is 1. The van der Waals surface area contributed by atoms with Gasteiger partial charge in [0.15, 0.2) is 6.61 Å². The largest absolute Gasteiger partial charge is 0.484 e. The maximum atomic E-state index is 12.2. The van der Waals surface area contributed by atoms with Crippen LogP contribution in [0.2, 0.25) is 0 Å². The van der Waals surface area contributed by atoms with Gasteiger partial charge in [-0.3, -0.25) is 4.79 Å². The van der Waals surface area contributed by atoms with Crippen LogP contribution in [0.3, 0.4) is 0 Å². The normalized spacial score (nSPS) is 11.3. The average Bonchev–Trinajstić information content (AvgIpc) is 2.70. The quantitative estimate of drug-likeness (QED) is 0.734. The van der Waals surface area contributed by atoms with Crippen molar-refractivity contribution in [3.8, 4) is 5.75 Å². The Hall–Kier alpha value is -3.22. The van der Waals surface area contributed by atoms with Gasteiger partial charge < -0.3 is 25.2 Å². The van der Waals surface area contributed by atoms with Crippen LogP contribution in [0.25, 0.3) is 0 Å². The molecule has 2 aromatic rings. The highest BCUT2D eigenvalue weighted by atomic mass is 16.5. The number of para-hydroxylation sites is 1. The minimum atomic E-state index is -0.296. The van der Waals surface area contributed by atoms with Gasteiger partial charge in [0.05, 0.1) is 0 Å². The van der Waals surface area contributed by atoms with Crippen molar-refractivity contribution in [3.05, 3.63) is 54.6 Å². The summed E-state index contributed by atoms with van der Waals surface area (Å²) in [5, 5.41) is 5.66. The number of hydrogen-bond acceptors (Lipinski definition) is 4. The Balaban J connectivity index is 1.82. The predicted octanol–water partition coefficient (Wildman–Crippen LogP) is 2.80. The fourth-order valence-electron chi connectivity index (χ4n) is 2.41. The molecule has 2 rings (SSSR count). The van der Waals surface area contributed by atoms with Crippen LogP contribution in [0.5, 0.6) is 5.75 Å². The summed E-state index contributed by atoms with van der Waals surface area (Å²) in [6.45, 7) is 2.49. The van der Waals surface area contributed by atoms with Gasteiger partial charge in [-0.15, -0.1) is 0 Å². The number of hydrogen-bond donors (Lipinski definition) is 2. The lowest BCUT2D eigenvalue weighted by atomic mass is 10.2. The number of benzene rings is 2. The summed E-state index contributed by atoms with van der Waals surface area (Å²) in [6, 6.07) is 16.8. The number of anilines is 2. The van der Waals surface area contributed by atoms with Crippen molar-refractivity contribution in [3.63, 3.8) is 0 Å². The first-order valence-electron chi connectivity index (χ1n) is 9.12. The first-order valence-corrected chi connectivity index (χ1v) is 9.12. The molecule has 2 aromatic carbocycles. The van der Waals surface area contributed by atoms with Crippen LogP contribution in [-0.4, -0.2) is 57.2 Å². The minimum Gasteiger partial charge on any atom is -0.484 e. The second-order valence-corrected chi connectivity index (χ2v) is 6.74. The summed E-state index contributed by atoms with van der Waals surface area (Å²) in [6.07, 6.45) is 0. The van der Waals surface area contributed by atoms with Crippen molar-refractivity contribution in [1.82, 2.24) is 10.2 Å². The molecular formula is C21H28N4O3. The molecule has 7 nitrogen and oxygen atoms in total. The van der Waals surface area contributed by atoms with Crippen LogP contribution in [0.15, 0.2) is 54.6 Å². The second kappa shape index (κ2) is 10.2. The lowest BCUT2D eigenvalue weighted by molar-refractivity contribution is -0.130. The SMILES string of the molecule is CC(CNC(=O)Nc1cccc(OCC(=O)N(C)C)c1)N(C)c1ccccc1. The Kier molecular flexibility index (Phi) is 7.68. The number of carbonyl (C=O) groups excluding carboxylic acids is 2. The Labute approximate surface area is 166 Å². The van der Waals surface area contributed by atoms with E-state index in [2.05, 4.69) is 15.5 Å². The Morgan fingerprint density at radius 3 is 2.43 bits per heavy atom. The van der Waals surface area contributed by atoms with Crippen LogP contribution in [0.1, 0.15) is 6.92 Å². The third-order valence-electron chi connectivity index (χ3n) is 4.34. The molecule has 0 fully saturated rings. The van der Waals surface area contributed by atoms with E-state index >= 15 is 0 Å². The Bertz CT molecular complexity index is 780. The first kappa shape index (κ1) is 21.1. The minimum absolute atomic E-state index is 0.0496. The van der Waals surface area contributed by atoms with Gasteiger partial charge in [-0.25, -0.2) is 4.79 Å². The summed E-state index contributed by atoms with van der Waals surface area (Å²) in [5.41, 5.74) is 1.69. The Morgan fingerprint density at radius 1 is 1.04 bits per heavy atom. The van der Waals surface area contributed by atoms with Crippen LogP contribution in [0, 0.1) is 0 Å². The fraction of sp³-hybridized carbons (Fsp3) is 0.333. The maximum Gasteiger partial charge on any atom is 0.319 e. The van der Waals surface area contributed by atoms with Gasteiger partial charge in [-0.05, 0) is 31.2 Å². The highest BCUT2D eigenvalue weighted by Crippen LogP contribution is 2.17. The molecule has 150 valence electrons. The van der Waals surface area contributed by atoms with E-state index in [0.717, 1.165) is 5.69 Å². The van der Waals surface area contributed by atoms with Crippen molar-refractivity contribution >= 4 is 23.3 Å². The topological polar surface area (TPSA) is 73.9 Å². The van der Waals surface area contributed by atoms with Crippen molar-refractivity contribution in [1.29, 1.82) is 0 Å². The summed E-state index contributed by atoms with van der Waals surface area (Å²) in [7, 11) is 5.34. The third-order valence-corrected chi connectivity index (χ3v) is 4.34. The van der Waals surface area contributed by atoms with E-state index in [0.29, 0.717) is 18.0 Å². The van der Waals surface area contributed by atoms with Gasteiger partial charge in [0.1, 0.15) is 5.75 Å². The molecular weight excluding hydrogens is 356 g/mol. The van der Waals surface area contributed by atoms with Crippen LogP contribution >= 0.6 is 0 Å². The highest BCUT2D eigenvalue weighted by molar-refractivity contribution is 5.89. The van der Waals surface area contributed by atoms with E-state index in [-0.39, 0.29) is 24.6 Å². The molecule has 0 saturated carbocycles. The molecule has 7 heteroatoms. The van der Waals surface area contributed by atoms with Gasteiger partial charge in [0.2, 0.25) is 0 Å². The van der Waals surface area contributed by atoms with E-state index in [9.17, 15) is 9.59 Å². The van der Waals surface area contributed by atoms with Gasteiger partial charge in [-0.2, -0.15) is 0 Å². The lowest BCUT2D eigenvalue weighted by Gasteiger charge is -2.27. The third kappa shape index (κ3) is 6.50. The molecule has 0 radical (unpaired) electrons. The molecule has 0 spiro atoms. The van der Waals surface area contributed by atoms with Gasteiger partial charge in [-0.1, -0.05) is 24.3 Å². The standard InChI is InChI=1S/C21H28N4O3/c1-16(25(4)18-10-6-5-7-11-18)14-22-21(27)23-17-9-8-12-19(13-17)28-15-20(26)24(2)3/h5-13,16H,14-15H2,1-4H3,(H2,22,23,27). The number of amides is 3. The maximum absolute atomic E-state index is 12.2. The number of nitrogens with zero attached hydrogens (tertiary/aromatic N) is 2. The molecule has 1 atom stereocenters. The van der Waals surface area contributed by atoms with Crippen molar-refractivity contribution in [2.45, 2.75) is 13.0 Å². The fourth-order valence-corrected chi connectivity index (χ4v) is 2.41. The van der Waals surface area contributed by atoms with Crippen LogP contribution in [0.4, 0.5) is 16.2 Å². The van der Waals surface area contributed by atoms with Crippen molar-refractivity contribution in [2.75, 3.05) is 44.5 Å². The lowest BCUT2D eigenvalue weighted by Crippen LogP contribution is -2.41. The van der Waals surface area contributed by atoms with Gasteiger partial charge in [0, 0.05) is 51.2 Å². The van der Waals surface area contributed by atoms with E-state index in [4.69, 9.17) is 4.74 Å². The van der Waals surface area contributed by atoms with Crippen molar-refractivity contribution < 1.29 is 14.3 Å². The summed E-state index contributed by atoms with van der Waals surface area (Å²) < 4.78 is 5.46. The number of nitrogens with one attached hydrogen (secondary N) is 2. The van der Waals surface area contributed by atoms with Gasteiger partial charge in [0.25, 0.3) is 5.91 Å². The predicted molar refractivity (Wildman–Crippen MR) is 112 cm³/mol. The molecule has 0 bridgehead atoms.